The van der Waals surface area contributed by atoms with Gasteiger partial charge in [-0.25, -0.2) is 4.79 Å². The molecule has 0 aromatic carbocycles. The third-order valence-corrected chi connectivity index (χ3v) is 2.07. The Labute approximate surface area is 91.1 Å². The van der Waals surface area contributed by atoms with Crippen molar-refractivity contribution in [1.82, 2.24) is 4.90 Å². The normalized spacial score (nSPS) is 21.3. The Balaban J connectivity index is 2.68. The van der Waals surface area contributed by atoms with E-state index in [0.717, 1.165) is 5.57 Å². The molecule has 3 nitrogen and oxygen atoms in total. The first-order chi connectivity index (χ1) is 6.83. The molecule has 0 aliphatic carbocycles. The summed E-state index contributed by atoms with van der Waals surface area (Å²) in [6, 6.07) is -0.202. The van der Waals surface area contributed by atoms with Crippen LogP contribution in [0.3, 0.4) is 0 Å². The first kappa shape index (κ1) is 11.6. The lowest BCUT2D eigenvalue weighted by Gasteiger charge is -2.26. The standard InChI is InChI=1S/C12H17NO2/c1-6-10-7-9(2)8-13(10)11(14)15-12(3,4)5/h1,10H,2,7-8H2,3-5H3. The molecule has 1 aliphatic heterocycles. The van der Waals surface area contributed by atoms with Gasteiger partial charge in [0.15, 0.2) is 0 Å². The molecule has 0 radical (unpaired) electrons. The topological polar surface area (TPSA) is 29.5 Å². The smallest absolute Gasteiger partial charge is 0.411 e. The lowest BCUT2D eigenvalue weighted by atomic mass is 10.2. The van der Waals surface area contributed by atoms with Gasteiger partial charge in [0.1, 0.15) is 11.6 Å². The van der Waals surface area contributed by atoms with E-state index in [9.17, 15) is 4.79 Å². The third-order valence-electron chi connectivity index (χ3n) is 2.07. The molecule has 1 amide bonds. The number of rotatable bonds is 0. The Morgan fingerprint density at radius 3 is 2.73 bits per heavy atom. The van der Waals surface area contributed by atoms with E-state index in [-0.39, 0.29) is 12.1 Å². The Morgan fingerprint density at radius 2 is 2.27 bits per heavy atom. The van der Waals surface area contributed by atoms with Crippen molar-refractivity contribution in [3.8, 4) is 12.3 Å². The van der Waals surface area contributed by atoms with Crippen molar-refractivity contribution in [2.45, 2.75) is 38.8 Å². The quantitative estimate of drug-likeness (QED) is 0.450. The van der Waals surface area contributed by atoms with E-state index < -0.39 is 5.60 Å². The monoisotopic (exact) mass is 207 g/mol. The van der Waals surface area contributed by atoms with Crippen LogP contribution in [0.25, 0.3) is 0 Å². The molecule has 82 valence electrons. The predicted molar refractivity (Wildman–Crippen MR) is 59.3 cm³/mol. The number of carbonyl (C=O) groups excluding carboxylic acids is 1. The molecular weight excluding hydrogens is 190 g/mol. The van der Waals surface area contributed by atoms with Crippen molar-refractivity contribution in [1.29, 1.82) is 0 Å². The van der Waals surface area contributed by atoms with Crippen LogP contribution in [-0.4, -0.2) is 29.2 Å². The van der Waals surface area contributed by atoms with Crippen LogP contribution in [0.5, 0.6) is 0 Å². The fraction of sp³-hybridized carbons (Fsp3) is 0.583. The molecule has 15 heavy (non-hydrogen) atoms. The maximum atomic E-state index is 11.7. The highest BCUT2D eigenvalue weighted by Gasteiger charge is 2.32. The van der Waals surface area contributed by atoms with Gasteiger partial charge in [0.2, 0.25) is 0 Å². The number of ether oxygens (including phenoxy) is 1. The van der Waals surface area contributed by atoms with E-state index in [1.165, 1.54) is 0 Å². The maximum Gasteiger partial charge on any atom is 0.411 e. The van der Waals surface area contributed by atoms with E-state index >= 15 is 0 Å². The molecular formula is C12H17NO2. The molecule has 0 N–H and O–H groups in total. The van der Waals surface area contributed by atoms with Gasteiger partial charge >= 0.3 is 6.09 Å². The second-order valence-electron chi connectivity index (χ2n) is 4.74. The minimum absolute atomic E-state index is 0.202. The fourth-order valence-electron chi connectivity index (χ4n) is 1.46. The molecule has 0 aromatic rings. The van der Waals surface area contributed by atoms with Crippen molar-refractivity contribution >= 4 is 6.09 Å². The van der Waals surface area contributed by atoms with Crippen LogP contribution in [0.15, 0.2) is 12.2 Å². The van der Waals surface area contributed by atoms with Crippen LogP contribution >= 0.6 is 0 Å². The van der Waals surface area contributed by atoms with E-state index in [1.807, 2.05) is 20.8 Å². The van der Waals surface area contributed by atoms with Crippen molar-refractivity contribution in [2.24, 2.45) is 0 Å². The first-order valence-corrected chi connectivity index (χ1v) is 4.96. The Hall–Kier alpha value is -1.43. The maximum absolute atomic E-state index is 11.7. The first-order valence-electron chi connectivity index (χ1n) is 4.96. The molecule has 1 fully saturated rings. The molecule has 0 bridgehead atoms. The van der Waals surface area contributed by atoms with Gasteiger partial charge in [0, 0.05) is 13.0 Å². The molecule has 1 atom stereocenters. The summed E-state index contributed by atoms with van der Waals surface area (Å²) < 4.78 is 5.25. The van der Waals surface area contributed by atoms with Gasteiger partial charge in [-0.1, -0.05) is 18.1 Å². The summed E-state index contributed by atoms with van der Waals surface area (Å²) in [5.41, 5.74) is 0.490. The molecule has 0 spiro atoms. The molecule has 1 heterocycles. The van der Waals surface area contributed by atoms with E-state index in [0.29, 0.717) is 13.0 Å². The van der Waals surface area contributed by atoms with Crippen LogP contribution < -0.4 is 0 Å². The molecule has 0 saturated carbocycles. The Kier molecular flexibility index (Phi) is 3.09. The molecule has 1 unspecified atom stereocenters. The fourth-order valence-corrected chi connectivity index (χ4v) is 1.46. The highest BCUT2D eigenvalue weighted by molar-refractivity contribution is 5.70. The summed E-state index contributed by atoms with van der Waals surface area (Å²) in [4.78, 5) is 13.3. The van der Waals surface area contributed by atoms with Crippen molar-refractivity contribution in [3.05, 3.63) is 12.2 Å². The van der Waals surface area contributed by atoms with Gasteiger partial charge in [-0.2, -0.15) is 0 Å². The molecule has 0 aromatic heterocycles. The van der Waals surface area contributed by atoms with Crippen molar-refractivity contribution in [3.63, 3.8) is 0 Å². The van der Waals surface area contributed by atoms with Gasteiger partial charge in [0.05, 0.1) is 0 Å². The number of carbonyl (C=O) groups is 1. The van der Waals surface area contributed by atoms with Gasteiger partial charge in [-0.05, 0) is 20.8 Å². The summed E-state index contributed by atoms with van der Waals surface area (Å²) in [7, 11) is 0. The molecule has 1 saturated heterocycles. The average molecular weight is 207 g/mol. The number of amides is 1. The summed E-state index contributed by atoms with van der Waals surface area (Å²) in [6.45, 7) is 9.84. The predicted octanol–water partition coefficient (Wildman–Crippen LogP) is 2.19. The van der Waals surface area contributed by atoms with Crippen molar-refractivity contribution in [2.75, 3.05) is 6.54 Å². The van der Waals surface area contributed by atoms with Crippen LogP contribution in [0.1, 0.15) is 27.2 Å². The zero-order valence-corrected chi connectivity index (χ0v) is 9.54. The van der Waals surface area contributed by atoms with Crippen LogP contribution in [0.2, 0.25) is 0 Å². The van der Waals surface area contributed by atoms with Gasteiger partial charge in [-0.15, -0.1) is 6.42 Å². The summed E-state index contributed by atoms with van der Waals surface area (Å²) in [5, 5.41) is 0. The van der Waals surface area contributed by atoms with E-state index in [1.54, 1.807) is 4.90 Å². The lowest BCUT2D eigenvalue weighted by Crippen LogP contribution is -2.39. The number of nitrogens with zero attached hydrogens (tertiary/aromatic N) is 1. The zero-order chi connectivity index (χ0) is 11.6. The van der Waals surface area contributed by atoms with Crippen LogP contribution in [-0.2, 0) is 4.74 Å². The second-order valence-corrected chi connectivity index (χ2v) is 4.74. The minimum Gasteiger partial charge on any atom is -0.444 e. The molecule has 1 rings (SSSR count). The SMILES string of the molecule is C#CC1CC(=C)CN1C(=O)OC(C)(C)C. The van der Waals surface area contributed by atoms with Crippen LogP contribution in [0.4, 0.5) is 4.79 Å². The average Bonchev–Trinajstić information content (AvgIpc) is 2.43. The highest BCUT2D eigenvalue weighted by atomic mass is 16.6. The summed E-state index contributed by atoms with van der Waals surface area (Å²) in [5.74, 6) is 2.58. The summed E-state index contributed by atoms with van der Waals surface area (Å²) in [6.07, 6.45) is 5.67. The number of hydrogen-bond donors (Lipinski definition) is 0. The van der Waals surface area contributed by atoms with Crippen molar-refractivity contribution < 1.29 is 9.53 Å². The third kappa shape index (κ3) is 3.02. The molecule has 1 aliphatic rings. The van der Waals surface area contributed by atoms with Gasteiger partial charge in [-0.3, -0.25) is 4.90 Å². The van der Waals surface area contributed by atoms with E-state index in [4.69, 9.17) is 11.2 Å². The van der Waals surface area contributed by atoms with Crippen LogP contribution in [0, 0.1) is 12.3 Å². The van der Waals surface area contributed by atoms with E-state index in [2.05, 4.69) is 12.5 Å². The lowest BCUT2D eigenvalue weighted by molar-refractivity contribution is 0.0265. The zero-order valence-electron chi connectivity index (χ0n) is 9.54. The Bertz CT molecular complexity index is 319. The Morgan fingerprint density at radius 1 is 1.67 bits per heavy atom. The molecule has 3 heteroatoms. The summed E-state index contributed by atoms with van der Waals surface area (Å²) >= 11 is 0. The number of terminal acetylenes is 1. The van der Waals surface area contributed by atoms with Gasteiger partial charge in [0.25, 0.3) is 0 Å². The minimum atomic E-state index is -0.486. The number of likely N-dealkylation sites (tertiary alicyclic amines) is 1. The number of hydrogen-bond acceptors (Lipinski definition) is 2. The second kappa shape index (κ2) is 3.98. The highest BCUT2D eigenvalue weighted by Crippen LogP contribution is 2.23. The largest absolute Gasteiger partial charge is 0.444 e. The van der Waals surface area contributed by atoms with Gasteiger partial charge < -0.3 is 4.74 Å².